The van der Waals surface area contributed by atoms with Crippen LogP contribution in [-0.4, -0.2) is 40.6 Å². The number of sulfonamides is 1. The van der Waals surface area contributed by atoms with E-state index in [1.54, 1.807) is 0 Å². The molecular weight excluding hydrogens is 311 g/mol. The Bertz CT molecular complexity index is 663. The van der Waals surface area contributed by atoms with E-state index in [9.17, 15) is 17.6 Å². The topological polar surface area (TPSA) is 84.5 Å². The molecule has 1 aliphatic heterocycles. The van der Waals surface area contributed by atoms with Crippen molar-refractivity contribution in [1.29, 1.82) is 0 Å². The zero-order chi connectivity index (χ0) is 16.3. The predicted molar refractivity (Wildman–Crippen MR) is 78.5 cm³/mol. The van der Waals surface area contributed by atoms with E-state index in [0.717, 1.165) is 13.2 Å². The van der Waals surface area contributed by atoms with E-state index in [-0.39, 0.29) is 12.0 Å². The van der Waals surface area contributed by atoms with Gasteiger partial charge in [0.2, 0.25) is 10.0 Å². The number of esters is 1. The van der Waals surface area contributed by atoms with E-state index in [1.165, 1.54) is 12.1 Å². The van der Waals surface area contributed by atoms with Crippen LogP contribution in [0.5, 0.6) is 0 Å². The summed E-state index contributed by atoms with van der Waals surface area (Å²) in [5, 5.41) is 3.17. The SMILES string of the molecule is COC(=O)c1c(F)cccc1S(=O)(=O)NC1CCNCC1C. The maximum absolute atomic E-state index is 13.9. The molecule has 0 aliphatic carbocycles. The molecule has 2 N–H and O–H groups in total. The zero-order valence-corrected chi connectivity index (χ0v) is 13.2. The molecule has 1 aromatic rings. The fraction of sp³-hybridized carbons (Fsp3) is 0.500. The third kappa shape index (κ3) is 3.45. The summed E-state index contributed by atoms with van der Waals surface area (Å²) in [7, 11) is -2.94. The van der Waals surface area contributed by atoms with Gasteiger partial charge in [0, 0.05) is 6.04 Å². The first-order valence-corrected chi connectivity index (χ1v) is 8.45. The fourth-order valence-electron chi connectivity index (χ4n) is 2.48. The molecule has 1 aliphatic rings. The lowest BCUT2D eigenvalue weighted by Gasteiger charge is -2.30. The molecule has 0 amide bonds. The van der Waals surface area contributed by atoms with Gasteiger partial charge in [-0.2, -0.15) is 0 Å². The highest BCUT2D eigenvalue weighted by Crippen LogP contribution is 2.22. The number of ether oxygens (including phenoxy) is 1. The number of halogens is 1. The molecule has 122 valence electrons. The van der Waals surface area contributed by atoms with Crippen molar-refractivity contribution in [3.8, 4) is 0 Å². The van der Waals surface area contributed by atoms with E-state index < -0.39 is 32.3 Å². The number of benzene rings is 1. The largest absolute Gasteiger partial charge is 0.465 e. The van der Waals surface area contributed by atoms with Gasteiger partial charge in [-0.05, 0) is 37.6 Å². The average molecular weight is 330 g/mol. The fourth-order valence-corrected chi connectivity index (χ4v) is 4.06. The molecule has 1 fully saturated rings. The van der Waals surface area contributed by atoms with Crippen LogP contribution in [0.1, 0.15) is 23.7 Å². The number of methoxy groups -OCH3 is 1. The number of nitrogens with one attached hydrogen (secondary N) is 2. The maximum atomic E-state index is 13.9. The van der Waals surface area contributed by atoms with Crippen LogP contribution in [0.2, 0.25) is 0 Å². The highest BCUT2D eigenvalue weighted by molar-refractivity contribution is 7.89. The molecule has 2 rings (SSSR count). The standard InChI is InChI=1S/C14H19FN2O4S/c1-9-8-16-7-6-11(9)17-22(19,20)12-5-3-4-10(15)13(12)14(18)21-2/h3-5,9,11,16-17H,6-8H2,1-2H3. The number of carbonyl (C=O) groups excluding carboxylic acids is 1. The van der Waals surface area contributed by atoms with Gasteiger partial charge in [0.1, 0.15) is 11.4 Å². The summed E-state index contributed by atoms with van der Waals surface area (Å²) in [6.07, 6.45) is 0.628. The van der Waals surface area contributed by atoms with Crippen molar-refractivity contribution in [2.75, 3.05) is 20.2 Å². The highest BCUT2D eigenvalue weighted by atomic mass is 32.2. The van der Waals surface area contributed by atoms with Gasteiger partial charge in [-0.15, -0.1) is 0 Å². The number of rotatable bonds is 4. The van der Waals surface area contributed by atoms with E-state index >= 15 is 0 Å². The Labute approximate surface area is 129 Å². The Kier molecular flexibility index (Phi) is 5.15. The molecule has 8 heteroatoms. The summed E-state index contributed by atoms with van der Waals surface area (Å²) >= 11 is 0. The Morgan fingerprint density at radius 1 is 1.45 bits per heavy atom. The number of hydrogen-bond donors (Lipinski definition) is 2. The Morgan fingerprint density at radius 3 is 2.82 bits per heavy atom. The van der Waals surface area contributed by atoms with Gasteiger partial charge in [-0.1, -0.05) is 13.0 Å². The zero-order valence-electron chi connectivity index (χ0n) is 12.4. The van der Waals surface area contributed by atoms with Gasteiger partial charge in [0.25, 0.3) is 0 Å². The van der Waals surface area contributed by atoms with E-state index in [4.69, 9.17) is 0 Å². The lowest BCUT2D eigenvalue weighted by Crippen LogP contribution is -2.48. The maximum Gasteiger partial charge on any atom is 0.342 e. The van der Waals surface area contributed by atoms with Crippen LogP contribution >= 0.6 is 0 Å². The third-order valence-electron chi connectivity index (χ3n) is 3.75. The lowest BCUT2D eigenvalue weighted by atomic mass is 9.97. The molecule has 2 unspecified atom stereocenters. The number of hydrogen-bond acceptors (Lipinski definition) is 5. The Morgan fingerprint density at radius 2 is 2.18 bits per heavy atom. The molecule has 1 aromatic carbocycles. The second-order valence-electron chi connectivity index (χ2n) is 5.30. The number of piperidine rings is 1. The molecule has 0 radical (unpaired) electrons. The third-order valence-corrected chi connectivity index (χ3v) is 5.28. The van der Waals surface area contributed by atoms with Crippen molar-refractivity contribution in [3.63, 3.8) is 0 Å². The smallest absolute Gasteiger partial charge is 0.342 e. The van der Waals surface area contributed by atoms with Crippen molar-refractivity contribution in [2.45, 2.75) is 24.3 Å². The van der Waals surface area contributed by atoms with Crippen LogP contribution in [0.25, 0.3) is 0 Å². The number of carbonyl (C=O) groups is 1. The summed E-state index contributed by atoms with van der Waals surface area (Å²) in [6.45, 7) is 3.32. The molecule has 0 bridgehead atoms. The summed E-state index contributed by atoms with van der Waals surface area (Å²) in [5.41, 5.74) is -0.570. The lowest BCUT2D eigenvalue weighted by molar-refractivity contribution is 0.0590. The molecule has 1 heterocycles. The summed E-state index contributed by atoms with van der Waals surface area (Å²) < 4.78 is 46.0. The second-order valence-corrected chi connectivity index (χ2v) is 6.98. The molecule has 22 heavy (non-hydrogen) atoms. The van der Waals surface area contributed by atoms with Crippen molar-refractivity contribution in [2.24, 2.45) is 5.92 Å². The van der Waals surface area contributed by atoms with Crippen LogP contribution in [-0.2, 0) is 14.8 Å². The van der Waals surface area contributed by atoms with Gasteiger partial charge in [0.15, 0.2) is 0 Å². The first-order valence-electron chi connectivity index (χ1n) is 6.96. The van der Waals surface area contributed by atoms with Crippen LogP contribution in [0.15, 0.2) is 23.1 Å². The van der Waals surface area contributed by atoms with Gasteiger partial charge < -0.3 is 10.1 Å². The van der Waals surface area contributed by atoms with Crippen molar-refractivity contribution in [1.82, 2.24) is 10.0 Å². The van der Waals surface area contributed by atoms with Crippen LogP contribution < -0.4 is 10.0 Å². The quantitative estimate of drug-likeness (QED) is 0.801. The Balaban J connectivity index is 2.37. The minimum Gasteiger partial charge on any atom is -0.465 e. The molecule has 0 spiro atoms. The molecule has 2 atom stereocenters. The van der Waals surface area contributed by atoms with Crippen LogP contribution in [0.3, 0.4) is 0 Å². The monoisotopic (exact) mass is 330 g/mol. The molecule has 0 aromatic heterocycles. The summed E-state index contributed by atoms with van der Waals surface area (Å²) in [4.78, 5) is 11.3. The van der Waals surface area contributed by atoms with Crippen LogP contribution in [0, 0.1) is 11.7 Å². The second kappa shape index (κ2) is 6.72. The molecular formula is C14H19FN2O4S. The average Bonchev–Trinajstić information content (AvgIpc) is 2.48. The van der Waals surface area contributed by atoms with Crippen molar-refractivity contribution in [3.05, 3.63) is 29.6 Å². The van der Waals surface area contributed by atoms with E-state index in [1.807, 2.05) is 6.92 Å². The van der Waals surface area contributed by atoms with Crippen LogP contribution in [0.4, 0.5) is 4.39 Å². The summed E-state index contributed by atoms with van der Waals surface area (Å²) in [6, 6.07) is 3.21. The van der Waals surface area contributed by atoms with Gasteiger partial charge >= 0.3 is 5.97 Å². The Hall–Kier alpha value is -1.51. The normalized spacial score (nSPS) is 22.3. The van der Waals surface area contributed by atoms with E-state index in [0.29, 0.717) is 19.5 Å². The predicted octanol–water partition coefficient (Wildman–Crippen LogP) is 0.889. The summed E-state index contributed by atoms with van der Waals surface area (Å²) in [5.74, 6) is -1.84. The van der Waals surface area contributed by atoms with Gasteiger partial charge in [-0.3, -0.25) is 0 Å². The van der Waals surface area contributed by atoms with Crippen molar-refractivity contribution < 1.29 is 22.3 Å². The first-order chi connectivity index (χ1) is 10.4. The van der Waals surface area contributed by atoms with E-state index in [2.05, 4.69) is 14.8 Å². The molecule has 1 saturated heterocycles. The highest BCUT2D eigenvalue weighted by Gasteiger charge is 2.31. The molecule has 6 nitrogen and oxygen atoms in total. The van der Waals surface area contributed by atoms with Gasteiger partial charge in [-0.25, -0.2) is 22.3 Å². The molecule has 0 saturated carbocycles. The minimum absolute atomic E-state index is 0.0960. The minimum atomic E-state index is -4.02. The van der Waals surface area contributed by atoms with Crippen molar-refractivity contribution >= 4 is 16.0 Å². The van der Waals surface area contributed by atoms with Gasteiger partial charge in [0.05, 0.1) is 12.0 Å². The first kappa shape index (κ1) is 16.9.